The van der Waals surface area contributed by atoms with Crippen LogP contribution in [0.2, 0.25) is 0 Å². The quantitative estimate of drug-likeness (QED) is 0.760. The molecule has 1 aromatic rings. The second kappa shape index (κ2) is 8.06. The number of carbonyl (C=O) groups excluding carboxylic acids is 1. The number of nitrogens with two attached hydrogens (primary N) is 1. The van der Waals surface area contributed by atoms with Crippen molar-refractivity contribution in [3.63, 3.8) is 0 Å². The van der Waals surface area contributed by atoms with Crippen LogP contribution in [0.5, 0.6) is 0 Å². The van der Waals surface area contributed by atoms with Crippen LogP contribution >= 0.6 is 0 Å². The number of rotatable bonds is 6. The SMILES string of the molecule is Cc1ccc(S(=O)(=O)OC(=O)C2CCC2C(CN)N2CCCCC2)cc1. The van der Waals surface area contributed by atoms with Crippen LogP contribution in [0.3, 0.4) is 0 Å². The first-order valence-corrected chi connectivity index (χ1v) is 10.8. The van der Waals surface area contributed by atoms with E-state index in [9.17, 15) is 13.2 Å². The third-order valence-electron chi connectivity index (χ3n) is 5.73. The van der Waals surface area contributed by atoms with Crippen LogP contribution in [0.1, 0.15) is 37.7 Å². The summed E-state index contributed by atoms with van der Waals surface area (Å²) in [5.41, 5.74) is 6.94. The normalized spacial score (nSPS) is 25.3. The molecule has 3 atom stereocenters. The molecule has 0 spiro atoms. The second-order valence-electron chi connectivity index (χ2n) is 7.42. The Balaban J connectivity index is 1.66. The van der Waals surface area contributed by atoms with Gasteiger partial charge >= 0.3 is 16.1 Å². The zero-order valence-electron chi connectivity index (χ0n) is 15.3. The van der Waals surface area contributed by atoms with Gasteiger partial charge in [-0.3, -0.25) is 9.69 Å². The highest BCUT2D eigenvalue weighted by atomic mass is 32.2. The number of hydrogen-bond donors (Lipinski definition) is 1. The maximum absolute atomic E-state index is 12.5. The number of nitrogens with zero attached hydrogens (tertiary/aromatic N) is 1. The molecule has 0 bridgehead atoms. The number of carbonyl (C=O) groups is 1. The molecule has 1 saturated carbocycles. The number of piperidine rings is 1. The van der Waals surface area contributed by atoms with E-state index in [0.29, 0.717) is 13.0 Å². The van der Waals surface area contributed by atoms with Crippen LogP contribution in [0, 0.1) is 18.8 Å². The summed E-state index contributed by atoms with van der Waals surface area (Å²) in [4.78, 5) is 14.9. The lowest BCUT2D eigenvalue weighted by molar-refractivity contribution is -0.146. The summed E-state index contributed by atoms with van der Waals surface area (Å²) in [6.45, 7) is 4.36. The fourth-order valence-electron chi connectivity index (χ4n) is 4.05. The van der Waals surface area contributed by atoms with E-state index in [2.05, 4.69) is 4.90 Å². The molecule has 2 fully saturated rings. The van der Waals surface area contributed by atoms with Gasteiger partial charge in [0.05, 0.1) is 5.92 Å². The van der Waals surface area contributed by atoms with Crippen molar-refractivity contribution in [2.24, 2.45) is 17.6 Å². The predicted octanol–water partition coefficient (Wildman–Crippen LogP) is 2.07. The summed E-state index contributed by atoms with van der Waals surface area (Å²) in [7, 11) is -4.07. The predicted molar refractivity (Wildman–Crippen MR) is 98.9 cm³/mol. The van der Waals surface area contributed by atoms with Gasteiger partial charge in [0.2, 0.25) is 0 Å². The van der Waals surface area contributed by atoms with E-state index in [0.717, 1.165) is 37.9 Å². The van der Waals surface area contributed by atoms with Crippen molar-refractivity contribution in [3.8, 4) is 0 Å². The molecule has 7 heteroatoms. The van der Waals surface area contributed by atoms with Gasteiger partial charge in [0.15, 0.2) is 0 Å². The lowest BCUT2D eigenvalue weighted by atomic mass is 9.69. The first-order valence-electron chi connectivity index (χ1n) is 9.41. The highest BCUT2D eigenvalue weighted by Crippen LogP contribution is 2.40. The van der Waals surface area contributed by atoms with E-state index in [-0.39, 0.29) is 22.8 Å². The highest BCUT2D eigenvalue weighted by Gasteiger charge is 2.45. The van der Waals surface area contributed by atoms with Crippen LogP contribution in [-0.2, 0) is 19.1 Å². The van der Waals surface area contributed by atoms with E-state index < -0.39 is 16.1 Å². The van der Waals surface area contributed by atoms with Crippen LogP contribution in [-0.4, -0.2) is 45.0 Å². The van der Waals surface area contributed by atoms with Crippen LogP contribution < -0.4 is 5.73 Å². The maximum atomic E-state index is 12.5. The number of likely N-dealkylation sites (tertiary alicyclic amines) is 1. The monoisotopic (exact) mass is 380 g/mol. The van der Waals surface area contributed by atoms with Gasteiger partial charge in [-0.25, -0.2) is 0 Å². The van der Waals surface area contributed by atoms with Crippen LogP contribution in [0.25, 0.3) is 0 Å². The molecule has 26 heavy (non-hydrogen) atoms. The molecular formula is C19H28N2O4S. The molecule has 1 aliphatic carbocycles. The topological polar surface area (TPSA) is 89.7 Å². The Kier molecular flexibility index (Phi) is 5.99. The molecular weight excluding hydrogens is 352 g/mol. The lowest BCUT2D eigenvalue weighted by Gasteiger charge is -2.45. The van der Waals surface area contributed by atoms with Crippen LogP contribution in [0.4, 0.5) is 0 Å². The zero-order valence-corrected chi connectivity index (χ0v) is 16.1. The van der Waals surface area contributed by atoms with Gasteiger partial charge in [-0.15, -0.1) is 0 Å². The van der Waals surface area contributed by atoms with Gasteiger partial charge in [-0.1, -0.05) is 24.1 Å². The Morgan fingerprint density at radius 3 is 2.38 bits per heavy atom. The average molecular weight is 381 g/mol. The van der Waals surface area contributed by atoms with Crippen molar-refractivity contribution in [1.29, 1.82) is 0 Å². The van der Waals surface area contributed by atoms with Crippen molar-refractivity contribution >= 4 is 16.1 Å². The Morgan fingerprint density at radius 1 is 1.19 bits per heavy atom. The van der Waals surface area contributed by atoms with Gasteiger partial charge in [-0.05, 0) is 63.7 Å². The van der Waals surface area contributed by atoms with E-state index in [1.165, 1.54) is 18.6 Å². The minimum Gasteiger partial charge on any atom is -0.342 e. The fraction of sp³-hybridized carbons (Fsp3) is 0.632. The van der Waals surface area contributed by atoms with Crippen LogP contribution in [0.15, 0.2) is 29.2 Å². The summed E-state index contributed by atoms with van der Waals surface area (Å²) in [5.74, 6) is -0.943. The van der Waals surface area contributed by atoms with E-state index in [1.54, 1.807) is 12.1 Å². The van der Waals surface area contributed by atoms with Crippen molar-refractivity contribution in [2.45, 2.75) is 50.0 Å². The summed E-state index contributed by atoms with van der Waals surface area (Å²) < 4.78 is 29.7. The first-order chi connectivity index (χ1) is 12.4. The maximum Gasteiger partial charge on any atom is 0.341 e. The molecule has 1 aromatic carbocycles. The molecule has 3 unspecified atom stereocenters. The van der Waals surface area contributed by atoms with Gasteiger partial charge < -0.3 is 9.92 Å². The molecule has 1 saturated heterocycles. The second-order valence-corrected chi connectivity index (χ2v) is 8.96. The third kappa shape index (κ3) is 4.10. The van der Waals surface area contributed by atoms with Crippen molar-refractivity contribution < 1.29 is 17.4 Å². The van der Waals surface area contributed by atoms with Crippen molar-refractivity contribution in [2.75, 3.05) is 19.6 Å². The Hall–Kier alpha value is -1.44. The van der Waals surface area contributed by atoms with E-state index in [4.69, 9.17) is 9.92 Å². The molecule has 2 aliphatic rings. The number of aryl methyl sites for hydroxylation is 1. The largest absolute Gasteiger partial charge is 0.342 e. The zero-order chi connectivity index (χ0) is 18.7. The molecule has 144 valence electrons. The third-order valence-corrected chi connectivity index (χ3v) is 6.96. The summed E-state index contributed by atoms with van der Waals surface area (Å²) in [6, 6.07) is 6.43. The Morgan fingerprint density at radius 2 is 1.85 bits per heavy atom. The minimum atomic E-state index is -4.07. The molecule has 1 heterocycles. The molecule has 6 nitrogen and oxygen atoms in total. The Labute approximate surface area is 155 Å². The molecule has 1 aliphatic heterocycles. The summed E-state index contributed by atoms with van der Waals surface area (Å²) in [6.07, 6.45) is 5.10. The summed E-state index contributed by atoms with van der Waals surface area (Å²) >= 11 is 0. The van der Waals surface area contributed by atoms with E-state index >= 15 is 0 Å². The number of benzene rings is 1. The smallest absolute Gasteiger partial charge is 0.341 e. The van der Waals surface area contributed by atoms with E-state index in [1.807, 2.05) is 6.92 Å². The molecule has 2 N–H and O–H groups in total. The minimum absolute atomic E-state index is 0.0127. The molecule has 0 radical (unpaired) electrons. The highest BCUT2D eigenvalue weighted by molar-refractivity contribution is 7.87. The van der Waals surface area contributed by atoms with Gasteiger partial charge in [0.1, 0.15) is 4.90 Å². The fourth-order valence-corrected chi connectivity index (χ4v) is 4.95. The Bertz CT molecular complexity index is 726. The summed E-state index contributed by atoms with van der Waals surface area (Å²) in [5, 5.41) is 0. The lowest BCUT2D eigenvalue weighted by Crippen LogP contribution is -2.54. The molecule has 0 amide bonds. The molecule has 0 aromatic heterocycles. The van der Waals surface area contributed by atoms with Gasteiger partial charge in [0, 0.05) is 12.6 Å². The number of hydrogen-bond acceptors (Lipinski definition) is 6. The average Bonchev–Trinajstić information content (AvgIpc) is 2.59. The molecule has 3 rings (SSSR count). The van der Waals surface area contributed by atoms with Gasteiger partial charge in [-0.2, -0.15) is 8.42 Å². The first kappa shape index (κ1) is 19.3. The standard InChI is InChI=1S/C19H28N2O4S/c1-14-5-7-15(8-6-14)26(23,24)25-19(22)17-10-9-16(17)18(13-20)21-11-3-2-4-12-21/h5-8,16-18H,2-4,9-13,20H2,1H3. The van der Waals surface area contributed by atoms with Crippen molar-refractivity contribution in [1.82, 2.24) is 4.90 Å². The van der Waals surface area contributed by atoms with Gasteiger partial charge in [0.25, 0.3) is 0 Å². The van der Waals surface area contributed by atoms with Crippen molar-refractivity contribution in [3.05, 3.63) is 29.8 Å².